The monoisotopic (exact) mass is 244 g/mol. The van der Waals surface area contributed by atoms with E-state index in [0.29, 0.717) is 12.4 Å². The highest BCUT2D eigenvalue weighted by Crippen LogP contribution is 2.41. The number of hydrogen-bond donors (Lipinski definition) is 1. The molecular weight excluding hydrogens is 236 g/mol. The molecule has 0 amide bonds. The lowest BCUT2D eigenvalue weighted by molar-refractivity contribution is 0.140. The standard InChI is InChI=1S/C9H9BrO3/c1-12-5-2-6-8(11)4-13-9(6)7(10)3-5/h2-3,8,11H,4H2,1H3. The molecule has 1 aromatic rings. The number of hydrogen-bond acceptors (Lipinski definition) is 3. The quantitative estimate of drug-likeness (QED) is 0.820. The third-order valence-electron chi connectivity index (χ3n) is 2.03. The number of rotatable bonds is 1. The Balaban J connectivity index is 2.53. The van der Waals surface area contributed by atoms with Crippen LogP contribution < -0.4 is 9.47 Å². The lowest BCUT2D eigenvalue weighted by Gasteiger charge is -2.05. The Morgan fingerprint density at radius 1 is 1.62 bits per heavy atom. The van der Waals surface area contributed by atoms with Crippen molar-refractivity contribution in [1.29, 1.82) is 0 Å². The van der Waals surface area contributed by atoms with Gasteiger partial charge in [-0.15, -0.1) is 0 Å². The summed E-state index contributed by atoms with van der Waals surface area (Å²) in [5, 5.41) is 9.52. The zero-order valence-corrected chi connectivity index (χ0v) is 8.67. The first-order chi connectivity index (χ1) is 6.22. The fourth-order valence-electron chi connectivity index (χ4n) is 1.36. The van der Waals surface area contributed by atoms with Crippen molar-refractivity contribution in [2.75, 3.05) is 13.7 Å². The van der Waals surface area contributed by atoms with Gasteiger partial charge in [-0.1, -0.05) is 0 Å². The molecule has 1 N–H and O–H groups in total. The van der Waals surface area contributed by atoms with E-state index in [1.165, 1.54) is 0 Å². The van der Waals surface area contributed by atoms with E-state index >= 15 is 0 Å². The third-order valence-corrected chi connectivity index (χ3v) is 2.62. The van der Waals surface area contributed by atoms with Crippen LogP contribution in [0.25, 0.3) is 0 Å². The Morgan fingerprint density at radius 2 is 2.38 bits per heavy atom. The summed E-state index contributed by atoms with van der Waals surface area (Å²) in [7, 11) is 1.59. The summed E-state index contributed by atoms with van der Waals surface area (Å²) >= 11 is 3.35. The predicted molar refractivity (Wildman–Crippen MR) is 51.1 cm³/mol. The molecule has 0 fully saturated rings. The lowest BCUT2D eigenvalue weighted by Crippen LogP contribution is -1.97. The zero-order chi connectivity index (χ0) is 9.42. The Bertz CT molecular complexity index is 338. The van der Waals surface area contributed by atoms with Gasteiger partial charge in [0.15, 0.2) is 0 Å². The molecule has 0 bridgehead atoms. The molecule has 1 aromatic carbocycles. The van der Waals surface area contributed by atoms with Gasteiger partial charge in [-0.05, 0) is 28.1 Å². The second-order valence-corrected chi connectivity index (χ2v) is 3.71. The number of halogens is 1. The van der Waals surface area contributed by atoms with E-state index in [2.05, 4.69) is 15.9 Å². The highest BCUT2D eigenvalue weighted by molar-refractivity contribution is 9.10. The molecule has 1 aliphatic heterocycles. The van der Waals surface area contributed by atoms with Crippen LogP contribution >= 0.6 is 15.9 Å². The number of methoxy groups -OCH3 is 1. The van der Waals surface area contributed by atoms with E-state index in [0.717, 1.165) is 15.8 Å². The molecule has 0 aliphatic carbocycles. The first-order valence-electron chi connectivity index (χ1n) is 3.90. The van der Waals surface area contributed by atoms with Crippen molar-refractivity contribution in [2.24, 2.45) is 0 Å². The largest absolute Gasteiger partial charge is 0.497 e. The molecule has 13 heavy (non-hydrogen) atoms. The summed E-state index contributed by atoms with van der Waals surface area (Å²) in [6.07, 6.45) is -0.540. The summed E-state index contributed by atoms with van der Waals surface area (Å²) in [4.78, 5) is 0. The normalized spacial score (nSPS) is 19.5. The van der Waals surface area contributed by atoms with Crippen LogP contribution in [-0.2, 0) is 0 Å². The fraction of sp³-hybridized carbons (Fsp3) is 0.333. The SMILES string of the molecule is COc1cc(Br)c2c(c1)C(O)CO2. The molecule has 1 unspecified atom stereocenters. The van der Waals surface area contributed by atoms with E-state index < -0.39 is 6.10 Å². The molecule has 70 valence electrons. The Kier molecular flexibility index (Phi) is 2.17. The van der Waals surface area contributed by atoms with E-state index in [1.54, 1.807) is 13.2 Å². The number of benzene rings is 1. The van der Waals surface area contributed by atoms with Crippen LogP contribution in [0.2, 0.25) is 0 Å². The second kappa shape index (κ2) is 3.20. The van der Waals surface area contributed by atoms with Gasteiger partial charge < -0.3 is 14.6 Å². The van der Waals surface area contributed by atoms with Crippen molar-refractivity contribution in [2.45, 2.75) is 6.10 Å². The molecule has 1 atom stereocenters. The minimum atomic E-state index is -0.540. The molecule has 1 heterocycles. The number of ether oxygens (including phenoxy) is 2. The average Bonchev–Trinajstić information content (AvgIpc) is 2.48. The average molecular weight is 245 g/mol. The van der Waals surface area contributed by atoms with Gasteiger partial charge in [0, 0.05) is 5.56 Å². The van der Waals surface area contributed by atoms with E-state index in [4.69, 9.17) is 9.47 Å². The summed E-state index contributed by atoms with van der Waals surface area (Å²) in [6.45, 7) is 0.321. The molecular formula is C9H9BrO3. The third kappa shape index (κ3) is 1.40. The molecule has 0 saturated heterocycles. The van der Waals surface area contributed by atoms with Gasteiger partial charge in [-0.3, -0.25) is 0 Å². The highest BCUT2D eigenvalue weighted by Gasteiger charge is 2.24. The first-order valence-corrected chi connectivity index (χ1v) is 4.70. The highest BCUT2D eigenvalue weighted by atomic mass is 79.9. The van der Waals surface area contributed by atoms with Gasteiger partial charge in [0.2, 0.25) is 0 Å². The summed E-state index contributed by atoms with van der Waals surface area (Å²) in [5.41, 5.74) is 0.784. The van der Waals surface area contributed by atoms with Crippen LogP contribution in [0.5, 0.6) is 11.5 Å². The molecule has 4 heteroatoms. The minimum absolute atomic E-state index is 0.321. The van der Waals surface area contributed by atoms with Crippen molar-refractivity contribution < 1.29 is 14.6 Å². The van der Waals surface area contributed by atoms with Gasteiger partial charge in [0.1, 0.15) is 24.2 Å². The van der Waals surface area contributed by atoms with Gasteiger partial charge in [0.05, 0.1) is 11.6 Å². The van der Waals surface area contributed by atoms with Crippen LogP contribution in [0.1, 0.15) is 11.7 Å². The second-order valence-electron chi connectivity index (χ2n) is 2.85. The molecule has 0 radical (unpaired) electrons. The van der Waals surface area contributed by atoms with Crippen LogP contribution in [0.4, 0.5) is 0 Å². The molecule has 0 spiro atoms. The zero-order valence-electron chi connectivity index (χ0n) is 7.08. The minimum Gasteiger partial charge on any atom is -0.497 e. The van der Waals surface area contributed by atoms with Crippen LogP contribution in [0.3, 0.4) is 0 Å². The smallest absolute Gasteiger partial charge is 0.139 e. The molecule has 0 aromatic heterocycles. The van der Waals surface area contributed by atoms with E-state index in [-0.39, 0.29) is 0 Å². The molecule has 2 rings (SSSR count). The van der Waals surface area contributed by atoms with Crippen LogP contribution in [0.15, 0.2) is 16.6 Å². The van der Waals surface area contributed by atoms with Crippen LogP contribution in [0, 0.1) is 0 Å². The van der Waals surface area contributed by atoms with Gasteiger partial charge >= 0.3 is 0 Å². The maximum Gasteiger partial charge on any atom is 0.139 e. The Hall–Kier alpha value is -0.740. The van der Waals surface area contributed by atoms with Gasteiger partial charge in [-0.25, -0.2) is 0 Å². The number of aliphatic hydroxyl groups excluding tert-OH is 1. The van der Waals surface area contributed by atoms with Gasteiger partial charge in [0.25, 0.3) is 0 Å². The number of fused-ring (bicyclic) bond motifs is 1. The first kappa shape index (κ1) is 8.84. The summed E-state index contributed by atoms with van der Waals surface area (Å²) in [6, 6.07) is 3.61. The molecule has 1 aliphatic rings. The number of aliphatic hydroxyl groups is 1. The van der Waals surface area contributed by atoms with Crippen LogP contribution in [-0.4, -0.2) is 18.8 Å². The lowest BCUT2D eigenvalue weighted by atomic mass is 10.1. The van der Waals surface area contributed by atoms with E-state index in [1.807, 2.05) is 6.07 Å². The topological polar surface area (TPSA) is 38.7 Å². The van der Waals surface area contributed by atoms with Crippen molar-refractivity contribution in [3.63, 3.8) is 0 Å². The van der Waals surface area contributed by atoms with Crippen molar-refractivity contribution >= 4 is 15.9 Å². The van der Waals surface area contributed by atoms with Gasteiger partial charge in [-0.2, -0.15) is 0 Å². The maximum absolute atomic E-state index is 9.52. The van der Waals surface area contributed by atoms with Crippen molar-refractivity contribution in [3.8, 4) is 11.5 Å². The predicted octanol–water partition coefficient (Wildman–Crippen LogP) is 1.88. The molecule has 0 saturated carbocycles. The molecule has 3 nitrogen and oxygen atoms in total. The van der Waals surface area contributed by atoms with Crippen molar-refractivity contribution in [1.82, 2.24) is 0 Å². The summed E-state index contributed by atoms with van der Waals surface area (Å²) < 4.78 is 11.2. The Labute approximate surface area is 84.4 Å². The summed E-state index contributed by atoms with van der Waals surface area (Å²) in [5.74, 6) is 1.43. The van der Waals surface area contributed by atoms with Crippen molar-refractivity contribution in [3.05, 3.63) is 22.2 Å². The maximum atomic E-state index is 9.52. The van der Waals surface area contributed by atoms with E-state index in [9.17, 15) is 5.11 Å². The Morgan fingerprint density at radius 3 is 3.08 bits per heavy atom. The fourth-order valence-corrected chi connectivity index (χ4v) is 1.93.